The molecular weight excluding hydrogens is 366 g/mol. The number of sulfonamides is 1. The number of hydrogen-bond donors (Lipinski definition) is 2. The van der Waals surface area contributed by atoms with Crippen LogP contribution < -0.4 is 4.72 Å². The normalized spacial score (nSPS) is 11.3. The minimum atomic E-state index is -3.78. The van der Waals surface area contributed by atoms with E-state index in [0.717, 1.165) is 15.8 Å². The van der Waals surface area contributed by atoms with Crippen LogP contribution in [0.1, 0.15) is 15.2 Å². The fourth-order valence-corrected chi connectivity index (χ4v) is 4.38. The average Bonchev–Trinajstić information content (AvgIpc) is 2.71. The lowest BCUT2D eigenvalue weighted by molar-refractivity contribution is 0.0701. The van der Waals surface area contributed by atoms with Crippen LogP contribution in [0.15, 0.2) is 39.0 Å². The van der Waals surface area contributed by atoms with E-state index < -0.39 is 16.0 Å². The Kier molecular flexibility index (Phi) is 4.17. The minimum absolute atomic E-state index is 0.0209. The van der Waals surface area contributed by atoms with E-state index in [2.05, 4.69) is 20.7 Å². The van der Waals surface area contributed by atoms with Crippen molar-refractivity contribution < 1.29 is 18.3 Å². The van der Waals surface area contributed by atoms with Gasteiger partial charge in [0.05, 0.1) is 0 Å². The molecule has 8 heteroatoms. The number of aromatic carboxylic acids is 1. The molecule has 0 amide bonds. The topological polar surface area (TPSA) is 83.5 Å². The van der Waals surface area contributed by atoms with E-state index >= 15 is 0 Å². The maximum atomic E-state index is 12.2. The van der Waals surface area contributed by atoms with Crippen LogP contribution in [0.5, 0.6) is 0 Å². The second kappa shape index (κ2) is 5.55. The summed E-state index contributed by atoms with van der Waals surface area (Å²) in [6, 6.07) is 8.06. The number of thiophene rings is 1. The van der Waals surface area contributed by atoms with Crippen molar-refractivity contribution in [2.24, 2.45) is 0 Å². The molecule has 5 nitrogen and oxygen atoms in total. The predicted octanol–water partition coefficient (Wildman–Crippen LogP) is 3.32. The second-order valence-electron chi connectivity index (χ2n) is 4.00. The number of carboxylic acid groups (broad SMARTS) is 1. The number of nitrogens with one attached hydrogen (secondary N) is 1. The van der Waals surface area contributed by atoms with Crippen molar-refractivity contribution in [3.63, 3.8) is 0 Å². The molecule has 0 radical (unpaired) electrons. The maximum absolute atomic E-state index is 12.2. The van der Waals surface area contributed by atoms with Crippen LogP contribution in [-0.4, -0.2) is 19.5 Å². The Balaban J connectivity index is 2.36. The van der Waals surface area contributed by atoms with Crippen LogP contribution >= 0.6 is 27.3 Å². The molecule has 0 aliphatic carbocycles. The van der Waals surface area contributed by atoms with E-state index in [0.29, 0.717) is 11.3 Å². The molecule has 0 saturated carbocycles. The zero-order valence-corrected chi connectivity index (χ0v) is 13.5. The molecule has 0 saturated heterocycles. The fourth-order valence-electron chi connectivity index (χ4n) is 1.56. The molecule has 1 heterocycles. The number of halogens is 1. The summed E-state index contributed by atoms with van der Waals surface area (Å²) in [6.07, 6.45) is 0. The first-order valence-corrected chi connectivity index (χ1v) is 8.51. The number of anilines is 1. The average molecular weight is 376 g/mol. The molecule has 1 aromatic carbocycles. The summed E-state index contributed by atoms with van der Waals surface area (Å²) in [7, 11) is -3.78. The van der Waals surface area contributed by atoms with Crippen LogP contribution in [0.4, 0.5) is 5.69 Å². The standard InChI is InChI=1S/C12H10BrNO4S2/c1-7-5-10(19-11(7)12(15)16)20(17,18)14-9-4-2-3-8(13)6-9/h2-6,14H,1H3,(H,15,16). The smallest absolute Gasteiger partial charge is 0.346 e. The van der Waals surface area contributed by atoms with Gasteiger partial charge in [0.15, 0.2) is 0 Å². The van der Waals surface area contributed by atoms with Crippen molar-refractivity contribution >= 4 is 48.9 Å². The highest BCUT2D eigenvalue weighted by Crippen LogP contribution is 2.28. The third kappa shape index (κ3) is 3.20. The van der Waals surface area contributed by atoms with Gasteiger partial charge in [-0.05, 0) is 36.8 Å². The number of aryl methyl sites for hydroxylation is 1. The largest absolute Gasteiger partial charge is 0.477 e. The molecule has 1 aromatic heterocycles. The molecule has 0 fully saturated rings. The molecule has 2 rings (SSSR count). The molecule has 20 heavy (non-hydrogen) atoms. The number of benzene rings is 1. The number of carbonyl (C=O) groups is 1. The number of hydrogen-bond acceptors (Lipinski definition) is 4. The van der Waals surface area contributed by atoms with E-state index in [1.807, 2.05) is 0 Å². The van der Waals surface area contributed by atoms with Crippen LogP contribution in [0, 0.1) is 6.92 Å². The molecule has 106 valence electrons. The van der Waals surface area contributed by atoms with Gasteiger partial charge in [0.25, 0.3) is 10.0 Å². The summed E-state index contributed by atoms with van der Waals surface area (Å²) in [5, 5.41) is 8.96. The Hall–Kier alpha value is -1.38. The maximum Gasteiger partial charge on any atom is 0.346 e. The highest BCUT2D eigenvalue weighted by molar-refractivity contribution is 9.10. The third-order valence-electron chi connectivity index (χ3n) is 2.43. The highest BCUT2D eigenvalue weighted by Gasteiger charge is 2.21. The van der Waals surface area contributed by atoms with Crippen molar-refractivity contribution in [2.75, 3.05) is 4.72 Å². The lowest BCUT2D eigenvalue weighted by atomic mass is 10.3. The van der Waals surface area contributed by atoms with Crippen LogP contribution in [-0.2, 0) is 10.0 Å². The van der Waals surface area contributed by atoms with Crippen LogP contribution in [0.2, 0.25) is 0 Å². The van der Waals surface area contributed by atoms with Gasteiger partial charge in [0, 0.05) is 10.2 Å². The monoisotopic (exact) mass is 375 g/mol. The summed E-state index contributed by atoms with van der Waals surface area (Å²) < 4.78 is 27.5. The molecule has 0 spiro atoms. The van der Waals surface area contributed by atoms with Crippen molar-refractivity contribution in [3.05, 3.63) is 45.2 Å². The Morgan fingerprint density at radius 1 is 1.35 bits per heavy atom. The first kappa shape index (κ1) is 15.0. The minimum Gasteiger partial charge on any atom is -0.477 e. The number of carboxylic acids is 1. The zero-order chi connectivity index (χ0) is 14.9. The fraction of sp³-hybridized carbons (Fsp3) is 0.0833. The summed E-state index contributed by atoms with van der Waals surface area (Å²) in [6.45, 7) is 1.57. The predicted molar refractivity (Wildman–Crippen MR) is 81.0 cm³/mol. The zero-order valence-electron chi connectivity index (χ0n) is 10.3. The molecule has 0 bridgehead atoms. The van der Waals surface area contributed by atoms with Gasteiger partial charge in [0.1, 0.15) is 9.09 Å². The van der Waals surface area contributed by atoms with E-state index in [9.17, 15) is 13.2 Å². The van der Waals surface area contributed by atoms with Crippen molar-refractivity contribution in [2.45, 2.75) is 11.1 Å². The first-order chi connectivity index (χ1) is 9.29. The van der Waals surface area contributed by atoms with Gasteiger partial charge in [-0.3, -0.25) is 4.72 Å². The Labute approximate surface area is 128 Å². The first-order valence-electron chi connectivity index (χ1n) is 5.42. The lowest BCUT2D eigenvalue weighted by Crippen LogP contribution is -2.11. The molecule has 0 atom stereocenters. The van der Waals surface area contributed by atoms with Crippen molar-refractivity contribution in [1.29, 1.82) is 0 Å². The van der Waals surface area contributed by atoms with Gasteiger partial charge in [0.2, 0.25) is 0 Å². The summed E-state index contributed by atoms with van der Waals surface area (Å²) in [5.41, 5.74) is 0.833. The van der Waals surface area contributed by atoms with E-state index in [1.165, 1.54) is 6.07 Å². The molecule has 2 N–H and O–H groups in total. The van der Waals surface area contributed by atoms with E-state index in [4.69, 9.17) is 5.11 Å². The van der Waals surface area contributed by atoms with Crippen molar-refractivity contribution in [1.82, 2.24) is 0 Å². The summed E-state index contributed by atoms with van der Waals surface area (Å²) >= 11 is 3.99. The Bertz CT molecular complexity index is 768. The van der Waals surface area contributed by atoms with Gasteiger partial charge < -0.3 is 5.11 Å². The SMILES string of the molecule is Cc1cc(S(=O)(=O)Nc2cccc(Br)c2)sc1C(=O)O. The highest BCUT2D eigenvalue weighted by atomic mass is 79.9. The van der Waals surface area contributed by atoms with Gasteiger partial charge in [-0.25, -0.2) is 13.2 Å². The molecular formula is C12H10BrNO4S2. The van der Waals surface area contributed by atoms with Crippen LogP contribution in [0.3, 0.4) is 0 Å². The lowest BCUT2D eigenvalue weighted by Gasteiger charge is -2.06. The Morgan fingerprint density at radius 2 is 2.05 bits per heavy atom. The molecule has 0 aliphatic rings. The molecule has 2 aromatic rings. The van der Waals surface area contributed by atoms with Crippen molar-refractivity contribution in [3.8, 4) is 0 Å². The summed E-state index contributed by atoms with van der Waals surface area (Å²) in [5.74, 6) is -1.13. The van der Waals surface area contributed by atoms with Gasteiger partial charge in [-0.2, -0.15) is 0 Å². The Morgan fingerprint density at radius 3 is 2.60 bits per heavy atom. The van der Waals surface area contributed by atoms with Crippen LogP contribution in [0.25, 0.3) is 0 Å². The quantitative estimate of drug-likeness (QED) is 0.858. The van der Waals surface area contributed by atoms with Gasteiger partial charge in [-0.1, -0.05) is 22.0 Å². The van der Waals surface area contributed by atoms with E-state index in [1.54, 1.807) is 31.2 Å². The molecule has 0 aliphatic heterocycles. The van der Waals surface area contributed by atoms with Gasteiger partial charge >= 0.3 is 5.97 Å². The number of rotatable bonds is 4. The molecule has 0 unspecified atom stereocenters. The second-order valence-corrected chi connectivity index (χ2v) is 7.88. The van der Waals surface area contributed by atoms with Gasteiger partial charge in [-0.15, -0.1) is 11.3 Å². The third-order valence-corrected chi connectivity index (χ3v) is 6.00. The van der Waals surface area contributed by atoms with E-state index in [-0.39, 0.29) is 9.09 Å². The summed E-state index contributed by atoms with van der Waals surface area (Å²) in [4.78, 5) is 11.0.